The number of aromatic nitrogens is 1. The maximum absolute atomic E-state index is 5.06. The van der Waals surface area contributed by atoms with E-state index in [2.05, 4.69) is 45.0 Å². The van der Waals surface area contributed by atoms with Gasteiger partial charge in [-0.15, -0.1) is 11.3 Å². The molecule has 1 aromatic heterocycles. The summed E-state index contributed by atoms with van der Waals surface area (Å²) in [5.41, 5.74) is 1.23. The lowest BCUT2D eigenvalue weighted by molar-refractivity contribution is 0.199. The fourth-order valence-corrected chi connectivity index (χ4v) is 3.17. The summed E-state index contributed by atoms with van der Waals surface area (Å²) >= 11 is 1.81. The first-order valence-corrected chi connectivity index (χ1v) is 8.24. The lowest BCUT2D eigenvalue weighted by Gasteiger charge is -2.22. The summed E-state index contributed by atoms with van der Waals surface area (Å²) in [7, 11) is 3.87. The first kappa shape index (κ1) is 17.4. The van der Waals surface area contributed by atoms with Gasteiger partial charge in [-0.3, -0.25) is 0 Å². The van der Waals surface area contributed by atoms with Crippen LogP contribution in [-0.2, 0) is 11.3 Å². The number of hydrogen-bond acceptors (Lipinski definition) is 5. The monoisotopic (exact) mass is 299 g/mol. The fraction of sp³-hybridized carbons (Fsp3) is 0.800. The van der Waals surface area contributed by atoms with Crippen LogP contribution in [0.1, 0.15) is 50.6 Å². The number of nitrogens with one attached hydrogen (secondary N) is 1. The smallest absolute Gasteiger partial charge is 0.185 e. The summed E-state index contributed by atoms with van der Waals surface area (Å²) in [5.74, 6) is 0.463. The third kappa shape index (κ3) is 4.72. The standard InChI is InChI=1S/C15H29N3OS/c1-7-12(4)18(5)15-17-14(11(2)3)13(20-15)10-16-8-9-19-6/h11-12,16H,7-10H2,1-6H3. The van der Waals surface area contributed by atoms with E-state index in [4.69, 9.17) is 9.72 Å². The van der Waals surface area contributed by atoms with Gasteiger partial charge in [-0.1, -0.05) is 20.8 Å². The predicted octanol–water partition coefficient (Wildman–Crippen LogP) is 3.24. The number of anilines is 1. The molecule has 0 aliphatic rings. The van der Waals surface area contributed by atoms with Gasteiger partial charge in [0.25, 0.3) is 0 Å². The van der Waals surface area contributed by atoms with Crippen molar-refractivity contribution in [2.75, 3.05) is 32.2 Å². The molecule has 0 aliphatic heterocycles. The molecule has 1 unspecified atom stereocenters. The molecule has 116 valence electrons. The average molecular weight is 299 g/mol. The van der Waals surface area contributed by atoms with Crippen LogP contribution in [0, 0.1) is 0 Å². The molecule has 1 heterocycles. The van der Waals surface area contributed by atoms with Gasteiger partial charge in [0, 0.05) is 38.2 Å². The van der Waals surface area contributed by atoms with Crippen molar-refractivity contribution in [3.63, 3.8) is 0 Å². The van der Waals surface area contributed by atoms with E-state index in [1.54, 1.807) is 7.11 Å². The molecule has 1 atom stereocenters. The molecule has 0 saturated carbocycles. The average Bonchev–Trinajstić information content (AvgIpc) is 2.86. The highest BCUT2D eigenvalue weighted by Crippen LogP contribution is 2.31. The Hall–Kier alpha value is -0.650. The van der Waals surface area contributed by atoms with Gasteiger partial charge in [0.2, 0.25) is 0 Å². The number of nitrogens with zero attached hydrogens (tertiary/aromatic N) is 2. The molecule has 1 rings (SSSR count). The fourth-order valence-electron chi connectivity index (χ4n) is 1.92. The van der Waals surface area contributed by atoms with Crippen molar-refractivity contribution in [3.8, 4) is 0 Å². The minimum Gasteiger partial charge on any atom is -0.383 e. The predicted molar refractivity (Wildman–Crippen MR) is 87.9 cm³/mol. The Balaban J connectivity index is 2.79. The molecule has 0 aromatic carbocycles. The van der Waals surface area contributed by atoms with E-state index in [-0.39, 0.29) is 0 Å². The molecule has 1 N–H and O–H groups in total. The highest BCUT2D eigenvalue weighted by atomic mass is 32.1. The van der Waals surface area contributed by atoms with Crippen LogP contribution in [0.4, 0.5) is 5.13 Å². The Labute approximate surface area is 127 Å². The zero-order chi connectivity index (χ0) is 15.1. The number of thiazole rings is 1. The second kappa shape index (κ2) is 8.60. The van der Waals surface area contributed by atoms with Gasteiger partial charge in [-0.25, -0.2) is 4.98 Å². The van der Waals surface area contributed by atoms with E-state index in [0.29, 0.717) is 12.0 Å². The van der Waals surface area contributed by atoms with Gasteiger partial charge in [0.05, 0.1) is 12.3 Å². The van der Waals surface area contributed by atoms with E-state index in [9.17, 15) is 0 Å². The molecular formula is C15H29N3OS. The SMILES string of the molecule is CCC(C)N(C)c1nc(C(C)C)c(CNCCOC)s1. The third-order valence-corrected chi connectivity index (χ3v) is 4.75. The summed E-state index contributed by atoms with van der Waals surface area (Å²) in [6, 6.07) is 0.524. The highest BCUT2D eigenvalue weighted by molar-refractivity contribution is 7.15. The lowest BCUT2D eigenvalue weighted by atomic mass is 10.1. The Morgan fingerprint density at radius 1 is 1.35 bits per heavy atom. The van der Waals surface area contributed by atoms with Crippen LogP contribution < -0.4 is 10.2 Å². The van der Waals surface area contributed by atoms with Crippen LogP contribution >= 0.6 is 11.3 Å². The van der Waals surface area contributed by atoms with Crippen molar-refractivity contribution in [2.45, 2.75) is 52.6 Å². The second-order valence-electron chi connectivity index (χ2n) is 5.50. The minimum atomic E-state index is 0.463. The summed E-state index contributed by atoms with van der Waals surface area (Å²) in [6.07, 6.45) is 1.13. The van der Waals surface area contributed by atoms with E-state index >= 15 is 0 Å². The van der Waals surface area contributed by atoms with Gasteiger partial charge in [-0.05, 0) is 19.3 Å². The maximum Gasteiger partial charge on any atom is 0.185 e. The number of ether oxygens (including phenoxy) is 1. The van der Waals surface area contributed by atoms with Crippen molar-refractivity contribution < 1.29 is 4.74 Å². The zero-order valence-corrected chi connectivity index (χ0v) is 14.5. The Morgan fingerprint density at radius 3 is 2.60 bits per heavy atom. The molecule has 20 heavy (non-hydrogen) atoms. The zero-order valence-electron chi connectivity index (χ0n) is 13.7. The highest BCUT2D eigenvalue weighted by Gasteiger charge is 2.18. The lowest BCUT2D eigenvalue weighted by Crippen LogP contribution is -2.27. The molecule has 0 aliphatic carbocycles. The van der Waals surface area contributed by atoms with E-state index in [0.717, 1.165) is 31.2 Å². The molecule has 0 saturated heterocycles. The van der Waals surface area contributed by atoms with Crippen molar-refractivity contribution in [1.29, 1.82) is 0 Å². The van der Waals surface area contributed by atoms with E-state index in [1.165, 1.54) is 10.6 Å². The molecule has 5 heteroatoms. The van der Waals surface area contributed by atoms with Gasteiger partial charge < -0.3 is 15.0 Å². The molecule has 0 amide bonds. The molecular weight excluding hydrogens is 270 g/mol. The summed E-state index contributed by atoms with van der Waals surface area (Å²) in [4.78, 5) is 8.49. The maximum atomic E-state index is 5.06. The van der Waals surface area contributed by atoms with Crippen LogP contribution in [0.2, 0.25) is 0 Å². The normalized spacial score (nSPS) is 12.9. The van der Waals surface area contributed by atoms with Gasteiger partial charge >= 0.3 is 0 Å². The summed E-state index contributed by atoms with van der Waals surface area (Å²) in [6.45, 7) is 11.4. The van der Waals surface area contributed by atoms with Gasteiger partial charge in [-0.2, -0.15) is 0 Å². The van der Waals surface area contributed by atoms with E-state index < -0.39 is 0 Å². The largest absolute Gasteiger partial charge is 0.383 e. The Bertz CT molecular complexity index is 392. The van der Waals surface area contributed by atoms with Crippen LogP contribution in [0.25, 0.3) is 0 Å². The Morgan fingerprint density at radius 2 is 2.05 bits per heavy atom. The second-order valence-corrected chi connectivity index (χ2v) is 6.56. The van der Waals surface area contributed by atoms with Crippen LogP contribution in [0.5, 0.6) is 0 Å². The van der Waals surface area contributed by atoms with Crippen molar-refractivity contribution in [3.05, 3.63) is 10.6 Å². The van der Waals surface area contributed by atoms with E-state index in [1.807, 2.05) is 11.3 Å². The molecule has 0 fully saturated rings. The number of methoxy groups -OCH3 is 1. The van der Waals surface area contributed by atoms with Crippen LogP contribution in [-0.4, -0.2) is 38.3 Å². The summed E-state index contributed by atoms with van der Waals surface area (Å²) < 4.78 is 5.06. The third-order valence-electron chi connectivity index (χ3n) is 3.59. The molecule has 0 bridgehead atoms. The minimum absolute atomic E-state index is 0.463. The van der Waals surface area contributed by atoms with Crippen molar-refractivity contribution in [1.82, 2.24) is 10.3 Å². The summed E-state index contributed by atoms with van der Waals surface area (Å²) in [5, 5.41) is 4.55. The first-order valence-electron chi connectivity index (χ1n) is 7.43. The molecule has 0 spiro atoms. The molecule has 0 radical (unpaired) electrons. The van der Waals surface area contributed by atoms with Crippen molar-refractivity contribution >= 4 is 16.5 Å². The van der Waals surface area contributed by atoms with Gasteiger partial charge in [0.15, 0.2) is 5.13 Å². The Kier molecular flexibility index (Phi) is 7.48. The van der Waals surface area contributed by atoms with Gasteiger partial charge in [0.1, 0.15) is 0 Å². The van der Waals surface area contributed by atoms with Crippen LogP contribution in [0.15, 0.2) is 0 Å². The number of hydrogen-bond donors (Lipinski definition) is 1. The topological polar surface area (TPSA) is 37.4 Å². The van der Waals surface area contributed by atoms with Crippen LogP contribution in [0.3, 0.4) is 0 Å². The first-order chi connectivity index (χ1) is 9.51. The van der Waals surface area contributed by atoms with Crippen molar-refractivity contribution in [2.24, 2.45) is 0 Å². The number of rotatable bonds is 9. The molecule has 1 aromatic rings. The molecule has 4 nitrogen and oxygen atoms in total. The quantitative estimate of drug-likeness (QED) is 0.710.